The third-order valence-corrected chi connectivity index (χ3v) is 2.06. The average molecular weight is 204 g/mol. The lowest BCUT2D eigenvalue weighted by atomic mass is 10.8. The molecular weight excluding hydrogens is 192 g/mol. The summed E-state index contributed by atoms with van der Waals surface area (Å²) in [5.74, 6) is 0.211. The Morgan fingerprint density at radius 3 is 2.73 bits per heavy atom. The van der Waals surface area contributed by atoms with Crippen molar-refractivity contribution in [3.8, 4) is 0 Å². The van der Waals surface area contributed by atoms with Crippen LogP contribution in [0.4, 0.5) is 0 Å². The van der Waals surface area contributed by atoms with Gasteiger partial charge in [-0.05, 0) is 0 Å². The van der Waals surface area contributed by atoms with Crippen molar-refractivity contribution in [1.29, 1.82) is 0 Å². The number of halogens is 1. The van der Waals surface area contributed by atoms with Gasteiger partial charge in [0.25, 0.3) is 0 Å². The van der Waals surface area contributed by atoms with E-state index < -0.39 is 7.60 Å². The molecule has 5 nitrogen and oxygen atoms in total. The van der Waals surface area contributed by atoms with Gasteiger partial charge in [0.1, 0.15) is 0 Å². The molecular formula is C4H11ClNO4P. The Hall–Kier alpha value is 0.360. The molecule has 0 aromatic carbocycles. The van der Waals surface area contributed by atoms with Crippen molar-refractivity contribution in [3.05, 3.63) is 0 Å². The Bertz CT molecular complexity index is 144. The van der Waals surface area contributed by atoms with Crippen molar-refractivity contribution in [2.75, 3.05) is 25.2 Å². The first-order valence-corrected chi connectivity index (χ1v) is 5.31. The van der Waals surface area contributed by atoms with E-state index in [-0.39, 0.29) is 25.2 Å². The van der Waals surface area contributed by atoms with Crippen molar-refractivity contribution < 1.29 is 19.0 Å². The van der Waals surface area contributed by atoms with Gasteiger partial charge in [0, 0.05) is 12.4 Å². The summed E-state index contributed by atoms with van der Waals surface area (Å²) in [6.07, 6.45) is -0.116. The summed E-state index contributed by atoms with van der Waals surface area (Å²) >= 11 is 5.21. The van der Waals surface area contributed by atoms with Crippen LogP contribution in [-0.2, 0) is 14.1 Å². The summed E-state index contributed by atoms with van der Waals surface area (Å²) in [6.45, 7) is 0.161. The molecule has 0 saturated heterocycles. The highest BCUT2D eigenvalue weighted by Crippen LogP contribution is 2.40. The van der Waals surface area contributed by atoms with Gasteiger partial charge in [0.2, 0.25) is 0 Å². The van der Waals surface area contributed by atoms with Gasteiger partial charge in [-0.2, -0.15) is 0 Å². The van der Waals surface area contributed by atoms with E-state index in [1.54, 1.807) is 0 Å². The Kier molecular flexibility index (Phi) is 6.14. The number of hydrogen-bond acceptors (Lipinski definition) is 4. The lowest BCUT2D eigenvalue weighted by Gasteiger charge is -2.08. The first-order valence-electron chi connectivity index (χ1n) is 3.01. The van der Waals surface area contributed by atoms with Gasteiger partial charge in [-0.15, -0.1) is 16.3 Å². The number of hydrogen-bond donors (Lipinski definition) is 2. The quantitative estimate of drug-likeness (QED) is 0.214. The second-order valence-electron chi connectivity index (χ2n) is 1.74. The summed E-state index contributed by atoms with van der Waals surface area (Å²) < 4.78 is 14.9. The smallest absolute Gasteiger partial charge is 0.330 e. The SMILES string of the molecule is NCCP(=O)(O)OOCCCl. The molecule has 0 bridgehead atoms. The van der Waals surface area contributed by atoms with E-state index >= 15 is 0 Å². The third-order valence-electron chi connectivity index (χ3n) is 0.741. The second kappa shape index (κ2) is 5.94. The highest BCUT2D eigenvalue weighted by atomic mass is 35.5. The monoisotopic (exact) mass is 203 g/mol. The lowest BCUT2D eigenvalue weighted by molar-refractivity contribution is -0.207. The maximum absolute atomic E-state index is 10.8. The zero-order chi connectivity index (χ0) is 8.74. The predicted octanol–water partition coefficient (Wildman–Crippen LogP) is 0.318. The number of nitrogens with two attached hydrogens (primary N) is 1. The van der Waals surface area contributed by atoms with Crippen LogP contribution in [0.15, 0.2) is 0 Å². The summed E-state index contributed by atoms with van der Waals surface area (Å²) in [5.41, 5.74) is 5.03. The Balaban J connectivity index is 3.47. The Morgan fingerprint density at radius 1 is 1.64 bits per heavy atom. The molecule has 0 spiro atoms. The van der Waals surface area contributed by atoms with Crippen LogP contribution in [0.3, 0.4) is 0 Å². The van der Waals surface area contributed by atoms with Crippen LogP contribution in [0.5, 0.6) is 0 Å². The molecule has 7 heteroatoms. The lowest BCUT2D eigenvalue weighted by Crippen LogP contribution is -2.07. The minimum Gasteiger partial charge on any atom is -0.330 e. The van der Waals surface area contributed by atoms with E-state index in [0.717, 1.165) is 0 Å². The molecule has 0 amide bonds. The van der Waals surface area contributed by atoms with Gasteiger partial charge in [-0.3, -0.25) is 4.57 Å². The molecule has 1 unspecified atom stereocenters. The van der Waals surface area contributed by atoms with E-state index in [2.05, 4.69) is 9.56 Å². The van der Waals surface area contributed by atoms with Crippen LogP contribution in [0.25, 0.3) is 0 Å². The van der Waals surface area contributed by atoms with E-state index in [9.17, 15) is 4.57 Å². The number of alkyl halides is 1. The summed E-state index contributed by atoms with van der Waals surface area (Å²) in [6, 6.07) is 0. The van der Waals surface area contributed by atoms with Crippen molar-refractivity contribution in [3.63, 3.8) is 0 Å². The molecule has 0 aromatic rings. The fourth-order valence-corrected chi connectivity index (χ4v) is 1.05. The van der Waals surface area contributed by atoms with E-state index in [4.69, 9.17) is 22.2 Å². The van der Waals surface area contributed by atoms with Crippen molar-refractivity contribution >= 4 is 19.2 Å². The summed E-state index contributed by atoms with van der Waals surface area (Å²) in [7, 11) is -3.63. The largest absolute Gasteiger partial charge is 0.356 e. The molecule has 11 heavy (non-hydrogen) atoms. The van der Waals surface area contributed by atoms with Gasteiger partial charge in [-0.25, -0.2) is 4.89 Å². The van der Waals surface area contributed by atoms with Gasteiger partial charge < -0.3 is 10.6 Å². The van der Waals surface area contributed by atoms with Crippen LogP contribution in [0, 0.1) is 0 Å². The zero-order valence-electron chi connectivity index (χ0n) is 5.90. The molecule has 0 rings (SSSR count). The molecule has 0 aliphatic carbocycles. The summed E-state index contributed by atoms with van der Waals surface area (Å²) in [5, 5.41) is 0. The minimum absolute atomic E-state index is 0.0800. The molecule has 0 heterocycles. The first kappa shape index (κ1) is 11.4. The van der Waals surface area contributed by atoms with Crippen LogP contribution in [0.2, 0.25) is 0 Å². The molecule has 0 aromatic heterocycles. The molecule has 68 valence electrons. The standard InChI is InChI=1S/C4H11ClNO4P/c5-1-3-9-10-11(7,8)4-2-6/h1-4,6H2,(H,7,8). The number of rotatable bonds is 6. The highest BCUT2D eigenvalue weighted by molar-refractivity contribution is 7.52. The van der Waals surface area contributed by atoms with Gasteiger partial charge in [0.05, 0.1) is 12.8 Å². The molecule has 0 fully saturated rings. The van der Waals surface area contributed by atoms with Crippen LogP contribution >= 0.6 is 19.2 Å². The van der Waals surface area contributed by atoms with Gasteiger partial charge >= 0.3 is 7.60 Å². The van der Waals surface area contributed by atoms with Gasteiger partial charge in [0.15, 0.2) is 0 Å². The van der Waals surface area contributed by atoms with Crippen molar-refractivity contribution in [1.82, 2.24) is 0 Å². The molecule has 0 aliphatic rings. The fourth-order valence-electron chi connectivity index (χ4n) is 0.352. The fraction of sp³-hybridized carbons (Fsp3) is 1.00. The highest BCUT2D eigenvalue weighted by Gasteiger charge is 2.18. The zero-order valence-corrected chi connectivity index (χ0v) is 7.55. The van der Waals surface area contributed by atoms with Gasteiger partial charge in [-0.1, -0.05) is 0 Å². The molecule has 0 radical (unpaired) electrons. The predicted molar refractivity (Wildman–Crippen MR) is 41.5 cm³/mol. The van der Waals surface area contributed by atoms with Crippen LogP contribution in [-0.4, -0.2) is 30.1 Å². The maximum atomic E-state index is 10.8. The third kappa shape index (κ3) is 6.75. The normalized spacial score (nSPS) is 16.3. The van der Waals surface area contributed by atoms with Crippen LogP contribution in [0.1, 0.15) is 0 Å². The minimum atomic E-state index is -3.63. The Labute approximate surface area is 69.9 Å². The molecule has 1 atom stereocenters. The molecule has 0 saturated carbocycles. The van der Waals surface area contributed by atoms with Crippen molar-refractivity contribution in [2.45, 2.75) is 0 Å². The Morgan fingerprint density at radius 2 is 2.27 bits per heavy atom. The average Bonchev–Trinajstić information content (AvgIpc) is 1.87. The first-order chi connectivity index (χ1) is 5.12. The van der Waals surface area contributed by atoms with Crippen LogP contribution < -0.4 is 5.73 Å². The summed E-state index contributed by atoms with van der Waals surface area (Å²) in [4.78, 5) is 13.1. The molecule has 0 aliphatic heterocycles. The maximum Gasteiger partial charge on any atom is 0.356 e. The van der Waals surface area contributed by atoms with E-state index in [1.165, 1.54) is 0 Å². The second-order valence-corrected chi connectivity index (χ2v) is 3.98. The van der Waals surface area contributed by atoms with Crippen molar-refractivity contribution in [2.24, 2.45) is 5.73 Å². The van der Waals surface area contributed by atoms with E-state index in [1.807, 2.05) is 0 Å². The van der Waals surface area contributed by atoms with E-state index in [0.29, 0.717) is 0 Å². The topological polar surface area (TPSA) is 81.8 Å². The molecule has 3 N–H and O–H groups in total.